The van der Waals surface area contributed by atoms with Gasteiger partial charge in [-0.1, -0.05) is 35.9 Å². The standard InChI is InChI=1S/C16H20ClN3O4/c1-3-8-19-15(22)10(2)24-14(21)9-13(20-16(18)23)11-6-4-5-7-12(11)17/h3-7,10,13H,1,8-9H2,2H3,(H,19,22)(H3,18,20,23)/t10-,13-/m0/s1. The molecule has 4 N–H and O–H groups in total. The lowest BCUT2D eigenvalue weighted by Gasteiger charge is -2.20. The molecule has 1 rings (SSSR count). The summed E-state index contributed by atoms with van der Waals surface area (Å²) in [4.78, 5) is 34.9. The third-order valence-electron chi connectivity index (χ3n) is 3.07. The van der Waals surface area contributed by atoms with E-state index in [1.54, 1.807) is 24.3 Å². The average Bonchev–Trinajstić information content (AvgIpc) is 2.51. The number of urea groups is 1. The summed E-state index contributed by atoms with van der Waals surface area (Å²) in [6, 6.07) is 5.17. The zero-order valence-corrected chi connectivity index (χ0v) is 14.0. The quantitative estimate of drug-likeness (QED) is 0.487. The van der Waals surface area contributed by atoms with Crippen LogP contribution in [-0.4, -0.2) is 30.6 Å². The first-order chi connectivity index (χ1) is 11.3. The highest BCUT2D eigenvalue weighted by molar-refractivity contribution is 6.31. The lowest BCUT2D eigenvalue weighted by molar-refractivity contribution is -0.155. The molecule has 0 saturated heterocycles. The molecule has 8 heteroatoms. The van der Waals surface area contributed by atoms with Gasteiger partial charge in [-0.2, -0.15) is 0 Å². The summed E-state index contributed by atoms with van der Waals surface area (Å²) in [5.74, 6) is -1.12. The number of primary amides is 1. The Labute approximate surface area is 145 Å². The minimum absolute atomic E-state index is 0.217. The molecule has 1 aromatic carbocycles. The summed E-state index contributed by atoms with van der Waals surface area (Å²) >= 11 is 6.08. The summed E-state index contributed by atoms with van der Waals surface area (Å²) in [6.07, 6.45) is 0.320. The number of amides is 3. The Hall–Kier alpha value is -2.54. The second-order valence-corrected chi connectivity index (χ2v) is 5.36. The van der Waals surface area contributed by atoms with Crippen molar-refractivity contribution in [1.29, 1.82) is 0 Å². The third kappa shape index (κ3) is 6.29. The van der Waals surface area contributed by atoms with E-state index >= 15 is 0 Å². The number of carbonyl (C=O) groups excluding carboxylic acids is 3. The summed E-state index contributed by atoms with van der Waals surface area (Å²) in [5.41, 5.74) is 5.67. The van der Waals surface area contributed by atoms with Crippen molar-refractivity contribution >= 4 is 29.5 Å². The Morgan fingerprint density at radius 3 is 2.62 bits per heavy atom. The number of esters is 1. The Morgan fingerprint density at radius 2 is 2.04 bits per heavy atom. The topological polar surface area (TPSA) is 111 Å². The highest BCUT2D eigenvalue weighted by atomic mass is 35.5. The van der Waals surface area contributed by atoms with Gasteiger partial charge in [0, 0.05) is 11.6 Å². The van der Waals surface area contributed by atoms with E-state index in [1.807, 2.05) is 0 Å². The van der Waals surface area contributed by atoms with Gasteiger partial charge in [-0.3, -0.25) is 9.59 Å². The van der Waals surface area contributed by atoms with E-state index in [4.69, 9.17) is 22.1 Å². The maximum atomic E-state index is 12.1. The van der Waals surface area contributed by atoms with Gasteiger partial charge >= 0.3 is 12.0 Å². The van der Waals surface area contributed by atoms with Crippen molar-refractivity contribution in [2.75, 3.05) is 6.54 Å². The van der Waals surface area contributed by atoms with Gasteiger partial charge in [0.15, 0.2) is 6.10 Å². The molecule has 2 atom stereocenters. The molecule has 0 saturated carbocycles. The van der Waals surface area contributed by atoms with Crippen molar-refractivity contribution < 1.29 is 19.1 Å². The van der Waals surface area contributed by atoms with Crippen LogP contribution in [0.2, 0.25) is 5.02 Å². The van der Waals surface area contributed by atoms with Crippen LogP contribution in [0, 0.1) is 0 Å². The lowest BCUT2D eigenvalue weighted by Crippen LogP contribution is -2.38. The largest absolute Gasteiger partial charge is 0.452 e. The number of benzene rings is 1. The first-order valence-corrected chi connectivity index (χ1v) is 7.61. The number of ether oxygens (including phenoxy) is 1. The highest BCUT2D eigenvalue weighted by Gasteiger charge is 2.23. The first kappa shape index (κ1) is 19.5. The predicted octanol–water partition coefficient (Wildman–Crippen LogP) is 1.67. The monoisotopic (exact) mass is 353 g/mol. The van der Waals surface area contributed by atoms with Crippen molar-refractivity contribution in [3.05, 3.63) is 47.5 Å². The normalized spacial score (nSPS) is 12.6. The number of carbonyl (C=O) groups is 3. The van der Waals surface area contributed by atoms with Gasteiger partial charge in [-0.25, -0.2) is 4.79 Å². The van der Waals surface area contributed by atoms with Crippen LogP contribution < -0.4 is 16.4 Å². The number of hydrogen-bond acceptors (Lipinski definition) is 4. The number of rotatable bonds is 8. The predicted molar refractivity (Wildman–Crippen MR) is 90.3 cm³/mol. The Bertz CT molecular complexity index is 621. The van der Waals surface area contributed by atoms with Crippen LogP contribution in [0.15, 0.2) is 36.9 Å². The maximum absolute atomic E-state index is 12.1. The fourth-order valence-corrected chi connectivity index (χ4v) is 2.22. The van der Waals surface area contributed by atoms with Gasteiger partial charge < -0.3 is 21.1 Å². The van der Waals surface area contributed by atoms with Crippen molar-refractivity contribution in [3.8, 4) is 0 Å². The van der Waals surface area contributed by atoms with Gasteiger partial charge in [-0.05, 0) is 18.6 Å². The van der Waals surface area contributed by atoms with Crippen LogP contribution in [0.4, 0.5) is 4.79 Å². The maximum Gasteiger partial charge on any atom is 0.312 e. The number of halogens is 1. The summed E-state index contributed by atoms with van der Waals surface area (Å²) in [5, 5.41) is 5.34. The van der Waals surface area contributed by atoms with Crippen LogP contribution >= 0.6 is 11.6 Å². The van der Waals surface area contributed by atoms with E-state index in [2.05, 4.69) is 17.2 Å². The van der Waals surface area contributed by atoms with Crippen LogP contribution in [0.3, 0.4) is 0 Å². The lowest BCUT2D eigenvalue weighted by atomic mass is 10.0. The molecule has 0 aromatic heterocycles. The molecule has 0 aliphatic heterocycles. The van der Waals surface area contributed by atoms with E-state index in [0.717, 1.165) is 0 Å². The average molecular weight is 354 g/mol. The van der Waals surface area contributed by atoms with Gasteiger partial charge in [-0.15, -0.1) is 6.58 Å². The molecular formula is C16H20ClN3O4. The van der Waals surface area contributed by atoms with E-state index in [1.165, 1.54) is 13.0 Å². The molecule has 0 aliphatic carbocycles. The Balaban J connectivity index is 2.75. The number of nitrogens with two attached hydrogens (primary N) is 1. The van der Waals surface area contributed by atoms with Crippen LogP contribution in [-0.2, 0) is 14.3 Å². The molecule has 1 aromatic rings. The van der Waals surface area contributed by atoms with Crippen LogP contribution in [0.25, 0.3) is 0 Å². The number of hydrogen-bond donors (Lipinski definition) is 3. The molecule has 0 bridgehead atoms. The van der Waals surface area contributed by atoms with Crippen molar-refractivity contribution in [3.63, 3.8) is 0 Å². The van der Waals surface area contributed by atoms with E-state index in [-0.39, 0.29) is 13.0 Å². The Morgan fingerprint density at radius 1 is 1.38 bits per heavy atom. The van der Waals surface area contributed by atoms with Crippen molar-refractivity contribution in [2.24, 2.45) is 5.73 Å². The smallest absolute Gasteiger partial charge is 0.312 e. The minimum atomic E-state index is -0.974. The van der Waals surface area contributed by atoms with Gasteiger partial charge in [0.2, 0.25) is 0 Å². The molecule has 3 amide bonds. The molecule has 0 radical (unpaired) electrons. The molecule has 0 heterocycles. The molecule has 0 aliphatic rings. The van der Waals surface area contributed by atoms with Crippen molar-refractivity contribution in [2.45, 2.75) is 25.5 Å². The molecule has 0 unspecified atom stereocenters. The fraction of sp³-hybridized carbons (Fsp3) is 0.312. The number of nitrogens with one attached hydrogen (secondary N) is 2. The van der Waals surface area contributed by atoms with Crippen molar-refractivity contribution in [1.82, 2.24) is 10.6 Å². The van der Waals surface area contributed by atoms with Gasteiger partial charge in [0.1, 0.15) is 0 Å². The highest BCUT2D eigenvalue weighted by Crippen LogP contribution is 2.25. The minimum Gasteiger partial charge on any atom is -0.452 e. The third-order valence-corrected chi connectivity index (χ3v) is 3.41. The van der Waals surface area contributed by atoms with Crippen LogP contribution in [0.1, 0.15) is 24.9 Å². The molecule has 24 heavy (non-hydrogen) atoms. The summed E-state index contributed by atoms with van der Waals surface area (Å²) < 4.78 is 5.06. The fourth-order valence-electron chi connectivity index (χ4n) is 1.95. The molecular weight excluding hydrogens is 334 g/mol. The van der Waals surface area contributed by atoms with Gasteiger partial charge in [0.05, 0.1) is 12.5 Å². The molecule has 7 nitrogen and oxygen atoms in total. The summed E-state index contributed by atoms with van der Waals surface area (Å²) in [7, 11) is 0. The zero-order valence-electron chi connectivity index (χ0n) is 13.3. The SMILES string of the molecule is C=CCNC(=O)[C@H](C)OC(=O)C[C@H](NC(N)=O)c1ccccc1Cl. The first-order valence-electron chi connectivity index (χ1n) is 7.23. The van der Waals surface area contributed by atoms with Gasteiger partial charge in [0.25, 0.3) is 5.91 Å². The zero-order chi connectivity index (χ0) is 18.1. The van der Waals surface area contributed by atoms with E-state index in [9.17, 15) is 14.4 Å². The molecule has 0 spiro atoms. The second-order valence-electron chi connectivity index (χ2n) is 4.95. The molecule has 0 fully saturated rings. The van der Waals surface area contributed by atoms with E-state index in [0.29, 0.717) is 10.6 Å². The second kappa shape index (κ2) is 9.57. The Kier molecular flexibility index (Phi) is 7.77. The van der Waals surface area contributed by atoms with Crippen LogP contribution in [0.5, 0.6) is 0 Å². The summed E-state index contributed by atoms with van der Waals surface area (Å²) in [6.45, 7) is 5.19. The van der Waals surface area contributed by atoms with E-state index < -0.39 is 30.1 Å². The molecule has 130 valence electrons.